The fraction of sp³-hybridized carbons (Fsp3) is 0.455. The van der Waals surface area contributed by atoms with E-state index in [0.29, 0.717) is 23.3 Å². The molecule has 4 saturated carbocycles. The van der Waals surface area contributed by atoms with Crippen LogP contribution in [0.4, 0.5) is 5.69 Å². The minimum atomic E-state index is -3.97. The van der Waals surface area contributed by atoms with Gasteiger partial charge in [-0.2, -0.15) is 0 Å². The van der Waals surface area contributed by atoms with E-state index in [1.165, 1.54) is 49.6 Å². The predicted molar refractivity (Wildman–Crippen MR) is 120 cm³/mol. The van der Waals surface area contributed by atoms with E-state index in [-0.39, 0.29) is 26.5 Å². The summed E-state index contributed by atoms with van der Waals surface area (Å²) in [6.45, 7) is 0. The summed E-state index contributed by atoms with van der Waals surface area (Å²) in [4.78, 5) is 0.0606. The standard InChI is InChI=1S/C22H24N4O5S2/c27-32(28,26-22-11-14-8-15(12-22)10-16(9-14)13-22)18-6-4-17(5-7-18)25-33(29,30)20-3-1-2-19-21(20)24-31-23-19/h1-7,14-16,25-26H,8-13H2. The van der Waals surface area contributed by atoms with E-state index in [4.69, 9.17) is 0 Å². The van der Waals surface area contributed by atoms with Crippen molar-refractivity contribution >= 4 is 36.8 Å². The van der Waals surface area contributed by atoms with Crippen LogP contribution in [-0.2, 0) is 20.0 Å². The smallest absolute Gasteiger partial charge is 0.264 e. The Morgan fingerprint density at radius 2 is 1.45 bits per heavy atom. The van der Waals surface area contributed by atoms with E-state index in [1.807, 2.05) is 0 Å². The Balaban J connectivity index is 1.22. The Labute approximate surface area is 192 Å². The number of aromatic nitrogens is 2. The van der Waals surface area contributed by atoms with Gasteiger partial charge in [0.15, 0.2) is 5.52 Å². The van der Waals surface area contributed by atoms with Crippen LogP contribution in [0.2, 0.25) is 0 Å². The molecule has 7 rings (SSSR count). The maximum atomic E-state index is 13.2. The first-order valence-corrected chi connectivity index (χ1v) is 14.1. The molecule has 33 heavy (non-hydrogen) atoms. The first kappa shape index (κ1) is 21.1. The molecule has 0 amide bonds. The fourth-order valence-corrected chi connectivity index (χ4v) is 9.13. The van der Waals surface area contributed by atoms with Crippen LogP contribution in [0.5, 0.6) is 0 Å². The number of sulfonamides is 2. The van der Waals surface area contributed by atoms with Crippen molar-refractivity contribution in [3.63, 3.8) is 0 Å². The van der Waals surface area contributed by atoms with E-state index in [1.54, 1.807) is 12.1 Å². The Morgan fingerprint density at radius 1 is 0.818 bits per heavy atom. The molecule has 0 aliphatic heterocycles. The zero-order valence-electron chi connectivity index (χ0n) is 17.8. The third-order valence-electron chi connectivity index (χ3n) is 7.34. The van der Waals surface area contributed by atoms with Crippen LogP contribution in [0.25, 0.3) is 11.0 Å². The van der Waals surface area contributed by atoms with Crippen molar-refractivity contribution in [3.05, 3.63) is 42.5 Å². The number of nitrogens with zero attached hydrogens (tertiary/aromatic N) is 2. The molecule has 2 N–H and O–H groups in total. The second-order valence-electron chi connectivity index (χ2n) is 9.82. The second kappa shape index (κ2) is 7.25. The lowest BCUT2D eigenvalue weighted by molar-refractivity contribution is -0.00810. The highest BCUT2D eigenvalue weighted by atomic mass is 32.2. The van der Waals surface area contributed by atoms with Crippen LogP contribution in [0.3, 0.4) is 0 Å². The molecular formula is C22H24N4O5S2. The summed E-state index contributed by atoms with van der Waals surface area (Å²) in [5, 5.41) is 7.33. The lowest BCUT2D eigenvalue weighted by atomic mass is 9.53. The number of rotatable bonds is 6. The zero-order chi connectivity index (χ0) is 22.8. The second-order valence-corrected chi connectivity index (χ2v) is 13.2. The molecule has 0 atom stereocenters. The molecule has 9 nitrogen and oxygen atoms in total. The number of fused-ring (bicyclic) bond motifs is 1. The number of nitrogens with one attached hydrogen (secondary N) is 2. The van der Waals surface area contributed by atoms with E-state index in [2.05, 4.69) is 24.4 Å². The summed E-state index contributed by atoms with van der Waals surface area (Å²) in [7, 11) is -7.69. The number of hydrogen-bond acceptors (Lipinski definition) is 7. The van der Waals surface area contributed by atoms with Gasteiger partial charge in [-0.25, -0.2) is 26.2 Å². The van der Waals surface area contributed by atoms with E-state index < -0.39 is 20.0 Å². The summed E-state index contributed by atoms with van der Waals surface area (Å²) in [6.07, 6.45) is 6.44. The lowest BCUT2D eigenvalue weighted by Crippen LogP contribution is -2.59. The van der Waals surface area contributed by atoms with Crippen molar-refractivity contribution in [3.8, 4) is 0 Å². The maximum absolute atomic E-state index is 13.2. The predicted octanol–water partition coefficient (Wildman–Crippen LogP) is 3.27. The van der Waals surface area contributed by atoms with E-state index >= 15 is 0 Å². The topological polar surface area (TPSA) is 131 Å². The van der Waals surface area contributed by atoms with Crippen LogP contribution >= 0.6 is 0 Å². The van der Waals surface area contributed by atoms with Crippen LogP contribution < -0.4 is 9.44 Å². The van der Waals surface area contributed by atoms with Crippen molar-refractivity contribution in [2.24, 2.45) is 17.8 Å². The van der Waals surface area contributed by atoms with Crippen molar-refractivity contribution in [2.45, 2.75) is 53.9 Å². The summed E-state index contributed by atoms with van der Waals surface area (Å²) < 4.78 is 62.2. The van der Waals surface area contributed by atoms with E-state index in [0.717, 1.165) is 19.3 Å². The normalized spacial score (nSPS) is 28.9. The lowest BCUT2D eigenvalue weighted by Gasteiger charge is -2.56. The summed E-state index contributed by atoms with van der Waals surface area (Å²) in [5.41, 5.74) is 0.370. The number of benzene rings is 2. The van der Waals surface area contributed by atoms with Gasteiger partial charge < -0.3 is 0 Å². The highest BCUT2D eigenvalue weighted by Gasteiger charge is 2.52. The molecule has 4 fully saturated rings. The number of anilines is 1. The Bertz CT molecular complexity index is 1400. The Hall–Kier alpha value is -2.50. The largest absolute Gasteiger partial charge is 0.280 e. The van der Waals surface area contributed by atoms with E-state index in [9.17, 15) is 16.8 Å². The molecule has 0 radical (unpaired) electrons. The molecule has 2 aromatic carbocycles. The molecule has 1 heterocycles. The van der Waals surface area contributed by atoms with Crippen LogP contribution in [0, 0.1) is 17.8 Å². The van der Waals surface area contributed by atoms with Gasteiger partial charge in [-0.15, -0.1) is 0 Å². The molecular weight excluding hydrogens is 464 g/mol. The highest BCUT2D eigenvalue weighted by Crippen LogP contribution is 2.56. The molecule has 1 aromatic heterocycles. The van der Waals surface area contributed by atoms with Gasteiger partial charge in [0.05, 0.1) is 4.90 Å². The average molecular weight is 489 g/mol. The van der Waals surface area contributed by atoms with Gasteiger partial charge in [0, 0.05) is 11.2 Å². The minimum Gasteiger partial charge on any atom is -0.280 e. The zero-order valence-corrected chi connectivity index (χ0v) is 19.4. The average Bonchev–Trinajstić information content (AvgIpc) is 3.21. The van der Waals surface area contributed by atoms with Gasteiger partial charge in [0.2, 0.25) is 10.0 Å². The molecule has 3 aromatic rings. The van der Waals surface area contributed by atoms with Crippen molar-refractivity contribution < 1.29 is 21.5 Å². The third-order valence-corrected chi connectivity index (χ3v) is 10.4. The summed E-state index contributed by atoms with van der Waals surface area (Å²) in [6, 6.07) is 10.3. The minimum absolute atomic E-state index is 0.0681. The van der Waals surface area contributed by atoms with Gasteiger partial charge in [0.25, 0.3) is 10.0 Å². The van der Waals surface area contributed by atoms with Crippen molar-refractivity contribution in [1.82, 2.24) is 15.0 Å². The summed E-state index contributed by atoms with van der Waals surface area (Å²) >= 11 is 0. The van der Waals surface area contributed by atoms with Gasteiger partial charge in [-0.05, 0) is 103 Å². The summed E-state index contributed by atoms with van der Waals surface area (Å²) in [5.74, 6) is 1.88. The first-order chi connectivity index (χ1) is 15.7. The molecule has 0 spiro atoms. The molecule has 4 aliphatic carbocycles. The Kier molecular flexibility index (Phi) is 4.63. The van der Waals surface area contributed by atoms with Crippen molar-refractivity contribution in [1.29, 1.82) is 0 Å². The van der Waals surface area contributed by atoms with Gasteiger partial charge in [0.1, 0.15) is 10.4 Å². The van der Waals surface area contributed by atoms with Gasteiger partial charge in [-0.3, -0.25) is 4.72 Å². The van der Waals surface area contributed by atoms with Gasteiger partial charge in [-0.1, -0.05) is 6.07 Å². The Morgan fingerprint density at radius 3 is 2.09 bits per heavy atom. The van der Waals surface area contributed by atoms with Crippen molar-refractivity contribution in [2.75, 3.05) is 4.72 Å². The molecule has 4 bridgehead atoms. The SMILES string of the molecule is O=S(=O)(NC12CC3CC(CC(C3)C1)C2)c1ccc(NS(=O)(=O)c2cccc3nonc23)cc1. The monoisotopic (exact) mass is 488 g/mol. The first-order valence-electron chi connectivity index (χ1n) is 11.1. The number of hydrogen-bond donors (Lipinski definition) is 2. The molecule has 174 valence electrons. The maximum Gasteiger partial charge on any atom is 0.264 e. The third kappa shape index (κ3) is 3.71. The van der Waals surface area contributed by atoms with Crippen LogP contribution in [0.1, 0.15) is 38.5 Å². The molecule has 11 heteroatoms. The fourth-order valence-electron chi connectivity index (χ4n) is 6.49. The molecule has 0 saturated heterocycles. The molecule has 4 aliphatic rings. The molecule has 0 unspecified atom stereocenters. The highest BCUT2D eigenvalue weighted by molar-refractivity contribution is 7.93. The quantitative estimate of drug-likeness (QED) is 0.544. The van der Waals surface area contributed by atoms with Crippen LogP contribution in [-0.4, -0.2) is 32.7 Å². The van der Waals surface area contributed by atoms with Crippen LogP contribution in [0.15, 0.2) is 56.9 Å². The van der Waals surface area contributed by atoms with Gasteiger partial charge >= 0.3 is 0 Å².